The van der Waals surface area contributed by atoms with Crippen molar-refractivity contribution in [1.29, 1.82) is 0 Å². The molecule has 2 N–H and O–H groups in total. The van der Waals surface area contributed by atoms with Gasteiger partial charge >= 0.3 is 0 Å². The first-order valence-electron chi connectivity index (χ1n) is 6.24. The summed E-state index contributed by atoms with van der Waals surface area (Å²) in [4.78, 5) is 4.67. The van der Waals surface area contributed by atoms with Crippen molar-refractivity contribution in [1.82, 2.24) is 9.38 Å². The predicted molar refractivity (Wildman–Crippen MR) is 83.3 cm³/mol. The number of hydrogen-bond acceptors (Lipinski definition) is 2. The van der Waals surface area contributed by atoms with Crippen LogP contribution in [-0.2, 0) is 6.54 Å². The summed E-state index contributed by atoms with van der Waals surface area (Å²) in [6.07, 6.45) is 0. The third-order valence-corrected chi connectivity index (χ3v) is 4.06. The molecule has 0 atom stereocenters. The minimum Gasteiger partial charge on any atom is -0.325 e. The van der Waals surface area contributed by atoms with Gasteiger partial charge in [-0.25, -0.2) is 4.98 Å². The van der Waals surface area contributed by atoms with Crippen LogP contribution in [0.4, 0.5) is 0 Å². The van der Waals surface area contributed by atoms with Gasteiger partial charge in [-0.3, -0.25) is 4.40 Å². The predicted octanol–water partition coefficient (Wildman–Crippen LogP) is 4.08. The second-order valence-corrected chi connectivity index (χ2v) is 5.42. The Balaban J connectivity index is 2.30. The summed E-state index contributed by atoms with van der Waals surface area (Å²) < 4.78 is 2.07. The lowest BCUT2D eigenvalue weighted by atomic mass is 10.1. The number of halogens is 2. The van der Waals surface area contributed by atoms with Crippen LogP contribution >= 0.6 is 23.2 Å². The molecule has 102 valence electrons. The average Bonchev–Trinajstić information content (AvgIpc) is 2.82. The van der Waals surface area contributed by atoms with E-state index in [2.05, 4.69) is 9.38 Å². The number of imidazole rings is 1. The second kappa shape index (κ2) is 5.09. The number of aromatic nitrogens is 2. The van der Waals surface area contributed by atoms with Crippen molar-refractivity contribution >= 4 is 28.8 Å². The molecule has 3 aromatic rings. The van der Waals surface area contributed by atoms with Crippen LogP contribution in [0, 0.1) is 6.92 Å². The molecule has 0 unspecified atom stereocenters. The minimum atomic E-state index is 0.404. The zero-order valence-electron chi connectivity index (χ0n) is 10.9. The number of benzene rings is 1. The van der Waals surface area contributed by atoms with Crippen LogP contribution in [0.2, 0.25) is 10.0 Å². The summed E-state index contributed by atoms with van der Waals surface area (Å²) >= 11 is 12.1. The summed E-state index contributed by atoms with van der Waals surface area (Å²) in [5, 5.41) is 1.05. The van der Waals surface area contributed by atoms with Crippen molar-refractivity contribution in [3.8, 4) is 11.3 Å². The summed E-state index contributed by atoms with van der Waals surface area (Å²) in [7, 11) is 0. The Kier molecular flexibility index (Phi) is 3.42. The van der Waals surface area contributed by atoms with Crippen molar-refractivity contribution in [2.24, 2.45) is 5.73 Å². The Labute approximate surface area is 127 Å². The first-order chi connectivity index (χ1) is 9.61. The monoisotopic (exact) mass is 305 g/mol. The molecule has 0 spiro atoms. The molecule has 3 nitrogen and oxygen atoms in total. The lowest BCUT2D eigenvalue weighted by molar-refractivity contribution is 0.935. The molecule has 20 heavy (non-hydrogen) atoms. The smallest absolute Gasteiger partial charge is 0.137 e. The Hall–Kier alpha value is -1.55. The fraction of sp³-hybridized carbons (Fsp3) is 0.133. The molecule has 2 heterocycles. The van der Waals surface area contributed by atoms with Crippen LogP contribution in [0.15, 0.2) is 36.4 Å². The summed E-state index contributed by atoms with van der Waals surface area (Å²) in [6, 6.07) is 11.5. The van der Waals surface area contributed by atoms with Crippen LogP contribution in [0.5, 0.6) is 0 Å². The van der Waals surface area contributed by atoms with E-state index in [9.17, 15) is 0 Å². The standard InChI is InChI=1S/C15H13Cl2N3/c1-9-3-2-4-14-19-15(13(8-18)20(9)14)10-5-6-11(16)12(17)7-10/h2-7H,8,18H2,1H3. The van der Waals surface area contributed by atoms with E-state index in [4.69, 9.17) is 28.9 Å². The van der Waals surface area contributed by atoms with Crippen LogP contribution in [0.25, 0.3) is 16.9 Å². The third-order valence-electron chi connectivity index (χ3n) is 3.32. The molecule has 0 aliphatic heterocycles. The first kappa shape index (κ1) is 13.4. The van der Waals surface area contributed by atoms with Gasteiger partial charge in [-0.1, -0.05) is 35.3 Å². The van der Waals surface area contributed by atoms with Crippen molar-refractivity contribution in [2.75, 3.05) is 0 Å². The van der Waals surface area contributed by atoms with Gasteiger partial charge in [-0.15, -0.1) is 0 Å². The Morgan fingerprint density at radius 2 is 1.95 bits per heavy atom. The molecule has 0 amide bonds. The minimum absolute atomic E-state index is 0.404. The summed E-state index contributed by atoms with van der Waals surface area (Å²) in [5.74, 6) is 0. The van der Waals surface area contributed by atoms with Gasteiger partial charge in [0.2, 0.25) is 0 Å². The molecule has 0 bridgehead atoms. The molecule has 0 saturated carbocycles. The van der Waals surface area contributed by atoms with Crippen LogP contribution in [0.1, 0.15) is 11.4 Å². The van der Waals surface area contributed by atoms with Gasteiger partial charge in [0.25, 0.3) is 0 Å². The number of nitrogens with zero attached hydrogens (tertiary/aromatic N) is 2. The van der Waals surface area contributed by atoms with Gasteiger partial charge in [0.1, 0.15) is 5.65 Å². The lowest BCUT2D eigenvalue weighted by Crippen LogP contribution is -2.04. The van der Waals surface area contributed by atoms with E-state index < -0.39 is 0 Å². The van der Waals surface area contributed by atoms with Crippen molar-refractivity contribution in [3.63, 3.8) is 0 Å². The molecule has 3 rings (SSSR count). The number of fused-ring (bicyclic) bond motifs is 1. The topological polar surface area (TPSA) is 43.3 Å². The van der Waals surface area contributed by atoms with E-state index in [0.717, 1.165) is 28.3 Å². The van der Waals surface area contributed by atoms with Gasteiger partial charge in [-0.2, -0.15) is 0 Å². The van der Waals surface area contributed by atoms with Gasteiger partial charge in [0.05, 0.1) is 21.4 Å². The summed E-state index contributed by atoms with van der Waals surface area (Å²) in [6.45, 7) is 2.44. The van der Waals surface area contributed by atoms with E-state index in [1.807, 2.05) is 37.3 Å². The highest BCUT2D eigenvalue weighted by atomic mass is 35.5. The van der Waals surface area contributed by atoms with Crippen LogP contribution < -0.4 is 5.73 Å². The normalized spacial score (nSPS) is 11.2. The summed E-state index contributed by atoms with van der Waals surface area (Å²) in [5.41, 5.74) is 10.6. The van der Waals surface area contributed by atoms with E-state index >= 15 is 0 Å². The number of pyridine rings is 1. The van der Waals surface area contributed by atoms with E-state index in [-0.39, 0.29) is 0 Å². The maximum Gasteiger partial charge on any atom is 0.137 e. The largest absolute Gasteiger partial charge is 0.325 e. The molecule has 0 fully saturated rings. The van der Waals surface area contributed by atoms with Crippen LogP contribution in [-0.4, -0.2) is 9.38 Å². The number of rotatable bonds is 2. The van der Waals surface area contributed by atoms with Crippen molar-refractivity contribution in [2.45, 2.75) is 13.5 Å². The first-order valence-corrected chi connectivity index (χ1v) is 7.00. The lowest BCUT2D eigenvalue weighted by Gasteiger charge is -2.05. The molecular weight excluding hydrogens is 293 g/mol. The second-order valence-electron chi connectivity index (χ2n) is 4.60. The van der Waals surface area contributed by atoms with Crippen molar-refractivity contribution < 1.29 is 0 Å². The highest BCUT2D eigenvalue weighted by molar-refractivity contribution is 6.42. The maximum atomic E-state index is 6.09. The fourth-order valence-electron chi connectivity index (χ4n) is 2.39. The Morgan fingerprint density at radius 3 is 2.65 bits per heavy atom. The zero-order valence-corrected chi connectivity index (χ0v) is 12.4. The van der Waals surface area contributed by atoms with E-state index in [0.29, 0.717) is 16.6 Å². The zero-order chi connectivity index (χ0) is 14.3. The maximum absolute atomic E-state index is 6.09. The molecule has 2 aromatic heterocycles. The van der Waals surface area contributed by atoms with Crippen molar-refractivity contribution in [3.05, 3.63) is 57.8 Å². The Morgan fingerprint density at radius 1 is 1.15 bits per heavy atom. The van der Waals surface area contributed by atoms with Gasteiger partial charge in [0, 0.05) is 17.8 Å². The van der Waals surface area contributed by atoms with E-state index in [1.54, 1.807) is 6.07 Å². The molecule has 0 aliphatic rings. The third kappa shape index (κ3) is 2.08. The fourth-order valence-corrected chi connectivity index (χ4v) is 2.69. The number of aryl methyl sites for hydroxylation is 1. The molecule has 0 radical (unpaired) electrons. The molecule has 1 aromatic carbocycles. The Bertz CT molecular complexity index is 793. The van der Waals surface area contributed by atoms with Crippen LogP contribution in [0.3, 0.4) is 0 Å². The van der Waals surface area contributed by atoms with Gasteiger partial charge < -0.3 is 5.73 Å². The molecule has 0 saturated heterocycles. The van der Waals surface area contributed by atoms with Gasteiger partial charge in [0.15, 0.2) is 0 Å². The quantitative estimate of drug-likeness (QED) is 0.775. The van der Waals surface area contributed by atoms with E-state index in [1.165, 1.54) is 0 Å². The highest BCUT2D eigenvalue weighted by Crippen LogP contribution is 2.30. The molecular formula is C15H13Cl2N3. The highest BCUT2D eigenvalue weighted by Gasteiger charge is 2.14. The number of nitrogens with two attached hydrogens (primary N) is 1. The van der Waals surface area contributed by atoms with Gasteiger partial charge in [-0.05, 0) is 31.2 Å². The number of hydrogen-bond donors (Lipinski definition) is 1. The molecule has 5 heteroatoms. The molecule has 0 aliphatic carbocycles. The average molecular weight is 306 g/mol. The SMILES string of the molecule is Cc1cccc2nc(-c3ccc(Cl)c(Cl)c3)c(CN)n12.